The normalized spacial score (nSPS) is 25.2. The van der Waals surface area contributed by atoms with Crippen molar-refractivity contribution < 1.29 is 0 Å². The maximum atomic E-state index is 5.50. The van der Waals surface area contributed by atoms with Crippen LogP contribution in [0.5, 0.6) is 0 Å². The number of rotatable bonds is 5. The molecular weight excluding hydrogens is 613 g/mol. The predicted molar refractivity (Wildman–Crippen MR) is 205 cm³/mol. The number of para-hydroxylation sites is 1. The molecular formula is C44H42N6. The number of fused-ring (bicyclic) bond motifs is 5. The number of nitrogens with one attached hydrogen (secondary N) is 1. The van der Waals surface area contributed by atoms with Crippen LogP contribution in [0, 0.1) is 11.8 Å². The first kappa shape index (κ1) is 29.7. The lowest BCUT2D eigenvalue weighted by molar-refractivity contribution is 0.523. The van der Waals surface area contributed by atoms with E-state index in [-0.39, 0.29) is 0 Å². The van der Waals surface area contributed by atoms with Crippen LogP contribution < -0.4 is 10.2 Å². The molecule has 2 aliphatic heterocycles. The zero-order valence-electron chi connectivity index (χ0n) is 28.4. The fourth-order valence-electron chi connectivity index (χ4n) is 9.19. The summed E-state index contributed by atoms with van der Waals surface area (Å²) in [4.78, 5) is 19.0. The average Bonchev–Trinajstić information content (AvgIpc) is 3.71. The minimum atomic E-state index is -0.441. The van der Waals surface area contributed by atoms with Gasteiger partial charge in [0.1, 0.15) is 17.5 Å². The van der Waals surface area contributed by atoms with Gasteiger partial charge in [0.2, 0.25) is 0 Å². The van der Waals surface area contributed by atoms with E-state index in [0.717, 1.165) is 92.1 Å². The molecule has 2 aromatic heterocycles. The summed E-state index contributed by atoms with van der Waals surface area (Å²) in [7, 11) is 0. The number of amidine groups is 2. The summed E-state index contributed by atoms with van der Waals surface area (Å²) < 4.78 is 2.39. The number of anilines is 1. The third kappa shape index (κ3) is 4.87. The van der Waals surface area contributed by atoms with E-state index >= 15 is 0 Å². The molecule has 4 atom stereocenters. The highest BCUT2D eigenvalue weighted by atomic mass is 15.2. The predicted octanol–water partition coefficient (Wildman–Crippen LogP) is 9.55. The van der Waals surface area contributed by atoms with Crippen molar-refractivity contribution in [3.05, 3.63) is 143 Å². The topological polar surface area (TPSA) is 57.8 Å². The Morgan fingerprint density at radius 2 is 1.64 bits per heavy atom. The second-order valence-electron chi connectivity index (χ2n) is 14.4. The standard InChI is InChI=1S/C44H42N6/c1-3-15-29(16-4-1)41-46-42(30-17-5-2-6-18-30)48-43(47-41)36-27-31(49-37-23-11-7-19-32(37)33-20-8-12-24-38(33)49)28-45-44(36)50-39-25-13-9-21-34(39)35-22-10-14-26-40(35)50/h1-5,7-9,13-16,19-21,25-28,30,32,37,43H,6,10-12,17-18,22-24H2,(H,46,47,48). The summed E-state index contributed by atoms with van der Waals surface area (Å²) in [6.07, 6.45) is 30.1. The molecule has 50 heavy (non-hydrogen) atoms. The molecule has 0 saturated heterocycles. The van der Waals surface area contributed by atoms with E-state index in [1.165, 1.54) is 33.4 Å². The van der Waals surface area contributed by atoms with E-state index in [2.05, 4.69) is 130 Å². The zero-order valence-corrected chi connectivity index (χ0v) is 28.4. The molecule has 1 N–H and O–H groups in total. The van der Waals surface area contributed by atoms with Crippen LogP contribution in [0.25, 0.3) is 22.8 Å². The molecule has 0 fully saturated rings. The van der Waals surface area contributed by atoms with E-state index in [4.69, 9.17) is 15.0 Å². The smallest absolute Gasteiger partial charge is 0.173 e. The largest absolute Gasteiger partial charge is 0.340 e. The first-order valence-corrected chi connectivity index (χ1v) is 18.6. The van der Waals surface area contributed by atoms with Gasteiger partial charge in [-0.25, -0.2) is 15.0 Å². The molecule has 10 rings (SSSR count). The Kier molecular flexibility index (Phi) is 7.28. The summed E-state index contributed by atoms with van der Waals surface area (Å²) in [5.41, 5.74) is 10.0. The van der Waals surface area contributed by atoms with E-state index in [0.29, 0.717) is 17.9 Å². The Bertz CT molecular complexity index is 2210. The van der Waals surface area contributed by atoms with Crippen LogP contribution in [0.4, 0.5) is 5.69 Å². The van der Waals surface area contributed by atoms with E-state index in [1.54, 1.807) is 0 Å². The second kappa shape index (κ2) is 12.3. The molecule has 4 aliphatic carbocycles. The molecule has 2 aromatic carbocycles. The molecule has 6 heteroatoms. The van der Waals surface area contributed by atoms with Crippen molar-refractivity contribution in [2.45, 2.75) is 70.0 Å². The van der Waals surface area contributed by atoms with Crippen LogP contribution >= 0.6 is 0 Å². The summed E-state index contributed by atoms with van der Waals surface area (Å²) in [5, 5.41) is 5.02. The number of pyridine rings is 1. The number of benzene rings is 2. The van der Waals surface area contributed by atoms with Crippen molar-refractivity contribution in [3.63, 3.8) is 0 Å². The summed E-state index contributed by atoms with van der Waals surface area (Å²) in [6.45, 7) is 0. The van der Waals surface area contributed by atoms with Crippen molar-refractivity contribution in [2.24, 2.45) is 21.8 Å². The number of nitrogens with zero attached hydrogens (tertiary/aromatic N) is 5. The molecule has 0 radical (unpaired) electrons. The third-order valence-corrected chi connectivity index (χ3v) is 11.5. The number of aryl methyl sites for hydroxylation is 1. The Morgan fingerprint density at radius 1 is 0.780 bits per heavy atom. The lowest BCUT2D eigenvalue weighted by Gasteiger charge is -2.34. The van der Waals surface area contributed by atoms with Gasteiger partial charge >= 0.3 is 0 Å². The van der Waals surface area contributed by atoms with Crippen molar-refractivity contribution >= 4 is 34.3 Å². The molecule has 4 unspecified atom stereocenters. The van der Waals surface area contributed by atoms with Crippen molar-refractivity contribution in [3.8, 4) is 5.82 Å². The van der Waals surface area contributed by atoms with Crippen LogP contribution in [0.15, 0.2) is 131 Å². The quantitative estimate of drug-likeness (QED) is 0.218. The maximum Gasteiger partial charge on any atom is 0.173 e. The Balaban J connectivity index is 1.20. The van der Waals surface area contributed by atoms with E-state index in [1.807, 2.05) is 0 Å². The third-order valence-electron chi connectivity index (χ3n) is 11.5. The van der Waals surface area contributed by atoms with Gasteiger partial charge in [0.25, 0.3) is 0 Å². The number of aromatic nitrogens is 2. The van der Waals surface area contributed by atoms with Gasteiger partial charge in [-0.3, -0.25) is 4.57 Å². The molecule has 0 saturated carbocycles. The van der Waals surface area contributed by atoms with Gasteiger partial charge in [0, 0.05) is 40.1 Å². The summed E-state index contributed by atoms with van der Waals surface area (Å²) in [6, 6.07) is 22.2. The maximum absolute atomic E-state index is 5.50. The highest BCUT2D eigenvalue weighted by Gasteiger charge is 2.41. The van der Waals surface area contributed by atoms with Gasteiger partial charge in [-0.05, 0) is 87.1 Å². The van der Waals surface area contributed by atoms with Crippen LogP contribution in [-0.4, -0.2) is 27.3 Å². The molecule has 0 bridgehead atoms. The van der Waals surface area contributed by atoms with Crippen molar-refractivity contribution in [2.75, 3.05) is 4.90 Å². The molecule has 6 nitrogen and oxygen atoms in total. The molecule has 0 spiro atoms. The molecule has 6 aliphatic rings. The zero-order chi connectivity index (χ0) is 33.0. The van der Waals surface area contributed by atoms with Gasteiger partial charge < -0.3 is 10.2 Å². The van der Waals surface area contributed by atoms with Crippen LogP contribution in [0.3, 0.4) is 0 Å². The fourth-order valence-corrected chi connectivity index (χ4v) is 9.19. The number of aliphatic imine (C=N–C) groups is 2. The fraction of sp³-hybridized carbons (Fsp3) is 0.295. The summed E-state index contributed by atoms with van der Waals surface area (Å²) in [5.74, 6) is 3.59. The van der Waals surface area contributed by atoms with Gasteiger partial charge in [-0.2, -0.15) is 0 Å². The van der Waals surface area contributed by atoms with Gasteiger partial charge in [-0.1, -0.05) is 91.1 Å². The Hall–Kier alpha value is -5.23. The van der Waals surface area contributed by atoms with Gasteiger partial charge in [0.15, 0.2) is 6.17 Å². The minimum absolute atomic E-state index is 0.328. The molecule has 0 amide bonds. The van der Waals surface area contributed by atoms with Crippen LogP contribution in [0.2, 0.25) is 0 Å². The number of hydrogen-bond acceptors (Lipinski definition) is 5. The lowest BCUT2D eigenvalue weighted by atomic mass is 9.85. The first-order valence-electron chi connectivity index (χ1n) is 18.6. The Morgan fingerprint density at radius 3 is 2.56 bits per heavy atom. The Labute approximate surface area is 294 Å². The molecule has 4 aromatic rings. The second-order valence-corrected chi connectivity index (χ2v) is 14.4. The highest BCUT2D eigenvalue weighted by Crippen LogP contribution is 2.47. The highest BCUT2D eigenvalue weighted by molar-refractivity contribution is 6.11. The average molecular weight is 655 g/mol. The van der Waals surface area contributed by atoms with Crippen molar-refractivity contribution in [1.29, 1.82) is 0 Å². The van der Waals surface area contributed by atoms with E-state index in [9.17, 15) is 0 Å². The molecule has 248 valence electrons. The monoisotopic (exact) mass is 654 g/mol. The summed E-state index contributed by atoms with van der Waals surface area (Å²) >= 11 is 0. The van der Waals surface area contributed by atoms with Gasteiger partial charge in [-0.15, -0.1) is 0 Å². The first-order chi connectivity index (χ1) is 24.8. The SMILES string of the molecule is C1=CC2=C(CC1)N(c1cnc(-n3c4c(c5ccccc53)CCC=C4)c(C3N=C(c4ccccc4)NC(C4CC=CCC4)=N3)c1)C1CCC=CC21. The number of hydrogen-bond donors (Lipinski definition) is 1. The van der Waals surface area contributed by atoms with Crippen molar-refractivity contribution in [1.82, 2.24) is 14.9 Å². The minimum Gasteiger partial charge on any atom is -0.340 e. The molecule has 4 heterocycles. The van der Waals surface area contributed by atoms with Gasteiger partial charge in [0.05, 0.1) is 23.1 Å². The van der Waals surface area contributed by atoms with Crippen LogP contribution in [-0.2, 0) is 6.42 Å². The van der Waals surface area contributed by atoms with Crippen LogP contribution in [0.1, 0.15) is 79.9 Å². The van der Waals surface area contributed by atoms with E-state index < -0.39 is 6.17 Å². The lowest BCUT2D eigenvalue weighted by Crippen LogP contribution is -2.40. The number of allylic oxidation sites excluding steroid dienone is 7.